The lowest BCUT2D eigenvalue weighted by molar-refractivity contribution is -0.139. The molecule has 2 aromatic carbocycles. The van der Waals surface area contributed by atoms with E-state index in [9.17, 15) is 14.7 Å². The molecular formula is C25H28Cl2N2O4. The SMILES string of the molecule is CCOc1ccc(C(O)=C2C(=O)C(=O)N(CCCN(C)C)[C@@H]2c2ccc(Cl)c(Cl)c2)cc1C. The number of ether oxygens (including phenoxy) is 1. The van der Waals surface area contributed by atoms with Gasteiger partial charge in [0.1, 0.15) is 11.5 Å². The number of halogens is 2. The summed E-state index contributed by atoms with van der Waals surface area (Å²) in [5.41, 5.74) is 1.89. The minimum atomic E-state index is -0.770. The Labute approximate surface area is 204 Å². The van der Waals surface area contributed by atoms with Gasteiger partial charge in [-0.1, -0.05) is 29.3 Å². The Kier molecular flexibility index (Phi) is 8.05. The minimum Gasteiger partial charge on any atom is -0.507 e. The van der Waals surface area contributed by atoms with E-state index in [0.29, 0.717) is 46.5 Å². The standard InChI is InChI=1S/C25H28Cl2N2O4/c1-5-33-20-10-8-17(13-15(20)2)23(30)21-22(16-7-9-18(26)19(27)14-16)29(25(32)24(21)31)12-6-11-28(3)4/h7-10,13-14,22,30H,5-6,11-12H2,1-4H3/t22-/m1/s1. The highest BCUT2D eigenvalue weighted by Gasteiger charge is 2.46. The molecule has 0 aliphatic carbocycles. The molecule has 3 rings (SSSR count). The third-order valence-electron chi connectivity index (χ3n) is 5.55. The predicted octanol–water partition coefficient (Wildman–Crippen LogP) is 5.07. The van der Waals surface area contributed by atoms with Crippen molar-refractivity contribution in [3.63, 3.8) is 0 Å². The zero-order valence-corrected chi connectivity index (χ0v) is 20.7. The van der Waals surface area contributed by atoms with Crippen molar-refractivity contribution in [2.45, 2.75) is 26.3 Å². The van der Waals surface area contributed by atoms with E-state index in [2.05, 4.69) is 0 Å². The highest BCUT2D eigenvalue weighted by Crippen LogP contribution is 2.41. The van der Waals surface area contributed by atoms with Gasteiger partial charge in [-0.05, 0) is 82.4 Å². The Morgan fingerprint density at radius 2 is 1.85 bits per heavy atom. The van der Waals surface area contributed by atoms with Crippen LogP contribution in [0, 0.1) is 6.92 Å². The largest absolute Gasteiger partial charge is 0.507 e. The summed E-state index contributed by atoms with van der Waals surface area (Å²) in [6.07, 6.45) is 0.667. The fourth-order valence-electron chi connectivity index (χ4n) is 3.97. The first-order valence-corrected chi connectivity index (χ1v) is 11.5. The second kappa shape index (κ2) is 10.6. The fraction of sp³-hybridized carbons (Fsp3) is 0.360. The van der Waals surface area contributed by atoms with Crippen LogP contribution in [0.3, 0.4) is 0 Å². The van der Waals surface area contributed by atoms with E-state index in [0.717, 1.165) is 12.1 Å². The number of carbonyl (C=O) groups is 2. The number of hydrogen-bond acceptors (Lipinski definition) is 5. The van der Waals surface area contributed by atoms with Crippen LogP contribution < -0.4 is 4.74 Å². The number of aliphatic hydroxyl groups is 1. The smallest absolute Gasteiger partial charge is 0.295 e. The molecule has 0 aromatic heterocycles. The molecule has 0 saturated carbocycles. The number of nitrogens with zero attached hydrogens (tertiary/aromatic N) is 2. The van der Waals surface area contributed by atoms with Gasteiger partial charge in [-0.2, -0.15) is 0 Å². The quantitative estimate of drug-likeness (QED) is 0.317. The molecule has 1 aliphatic heterocycles. The molecular weight excluding hydrogens is 463 g/mol. The van der Waals surface area contributed by atoms with Gasteiger partial charge in [-0.25, -0.2) is 0 Å². The van der Waals surface area contributed by atoms with Crippen LogP contribution >= 0.6 is 23.2 Å². The van der Waals surface area contributed by atoms with Gasteiger partial charge < -0.3 is 19.6 Å². The summed E-state index contributed by atoms with van der Waals surface area (Å²) < 4.78 is 5.57. The normalized spacial score (nSPS) is 17.8. The van der Waals surface area contributed by atoms with Gasteiger partial charge in [-0.15, -0.1) is 0 Å². The molecule has 6 nitrogen and oxygen atoms in total. The van der Waals surface area contributed by atoms with Crippen molar-refractivity contribution < 1.29 is 19.4 Å². The maximum Gasteiger partial charge on any atom is 0.295 e. The fourth-order valence-corrected chi connectivity index (χ4v) is 4.27. The third kappa shape index (κ3) is 5.35. The number of likely N-dealkylation sites (tertiary alicyclic amines) is 1. The van der Waals surface area contributed by atoms with Crippen molar-refractivity contribution in [3.8, 4) is 5.75 Å². The van der Waals surface area contributed by atoms with Gasteiger partial charge in [0.15, 0.2) is 0 Å². The van der Waals surface area contributed by atoms with Gasteiger partial charge in [0.2, 0.25) is 0 Å². The maximum atomic E-state index is 13.1. The Bertz CT molecular complexity index is 1100. The van der Waals surface area contributed by atoms with Crippen LogP contribution in [-0.4, -0.2) is 60.4 Å². The van der Waals surface area contributed by atoms with Crippen LogP contribution in [0.4, 0.5) is 0 Å². The van der Waals surface area contributed by atoms with Crippen molar-refractivity contribution in [2.75, 3.05) is 33.8 Å². The molecule has 176 valence electrons. The number of aryl methyl sites for hydroxylation is 1. The lowest BCUT2D eigenvalue weighted by atomic mass is 9.94. The summed E-state index contributed by atoms with van der Waals surface area (Å²) in [6, 6.07) is 9.38. The number of benzene rings is 2. The average Bonchev–Trinajstić information content (AvgIpc) is 3.01. The molecule has 0 spiro atoms. The zero-order chi connectivity index (χ0) is 24.3. The molecule has 1 heterocycles. The molecule has 0 bridgehead atoms. The zero-order valence-electron chi connectivity index (χ0n) is 19.2. The van der Waals surface area contributed by atoms with E-state index < -0.39 is 17.7 Å². The third-order valence-corrected chi connectivity index (χ3v) is 6.29. The van der Waals surface area contributed by atoms with E-state index in [1.807, 2.05) is 32.8 Å². The molecule has 1 amide bonds. The Morgan fingerprint density at radius 1 is 1.12 bits per heavy atom. The lowest BCUT2D eigenvalue weighted by Crippen LogP contribution is -2.32. The number of rotatable bonds is 8. The van der Waals surface area contributed by atoms with Gasteiger partial charge in [0, 0.05) is 12.1 Å². The second-order valence-corrected chi connectivity index (χ2v) is 9.05. The van der Waals surface area contributed by atoms with Gasteiger partial charge in [0.05, 0.1) is 28.3 Å². The predicted molar refractivity (Wildman–Crippen MR) is 131 cm³/mol. The lowest BCUT2D eigenvalue weighted by Gasteiger charge is -2.26. The number of amides is 1. The summed E-state index contributed by atoms with van der Waals surface area (Å²) in [5.74, 6) is -0.904. The van der Waals surface area contributed by atoms with Crippen molar-refractivity contribution in [2.24, 2.45) is 0 Å². The number of ketones is 1. The molecule has 0 unspecified atom stereocenters. The summed E-state index contributed by atoms with van der Waals surface area (Å²) in [6.45, 7) is 5.36. The molecule has 1 saturated heterocycles. The van der Waals surface area contributed by atoms with Gasteiger partial charge in [0.25, 0.3) is 11.7 Å². The summed E-state index contributed by atoms with van der Waals surface area (Å²) in [4.78, 5) is 29.6. The highest BCUT2D eigenvalue weighted by atomic mass is 35.5. The van der Waals surface area contributed by atoms with Crippen LogP contribution in [0.25, 0.3) is 5.76 Å². The van der Waals surface area contributed by atoms with E-state index in [-0.39, 0.29) is 11.3 Å². The first-order chi connectivity index (χ1) is 15.6. The second-order valence-electron chi connectivity index (χ2n) is 8.24. The first kappa shape index (κ1) is 25.1. The maximum absolute atomic E-state index is 13.1. The Morgan fingerprint density at radius 3 is 2.45 bits per heavy atom. The minimum absolute atomic E-state index is 0.0341. The van der Waals surface area contributed by atoms with Crippen molar-refractivity contribution in [3.05, 3.63) is 68.7 Å². The highest BCUT2D eigenvalue weighted by molar-refractivity contribution is 6.46. The molecule has 1 atom stereocenters. The van der Waals surface area contributed by atoms with Crippen LogP contribution in [0.15, 0.2) is 42.0 Å². The number of Topliss-reactive ketones (excluding diaryl/α,β-unsaturated/α-hetero) is 1. The van der Waals surface area contributed by atoms with E-state index in [1.165, 1.54) is 4.90 Å². The number of aliphatic hydroxyl groups excluding tert-OH is 1. The van der Waals surface area contributed by atoms with Crippen LogP contribution in [0.5, 0.6) is 5.75 Å². The molecule has 33 heavy (non-hydrogen) atoms. The van der Waals surface area contributed by atoms with Gasteiger partial charge >= 0.3 is 0 Å². The summed E-state index contributed by atoms with van der Waals surface area (Å²) in [5, 5.41) is 11.9. The Balaban J connectivity index is 2.11. The average molecular weight is 491 g/mol. The van der Waals surface area contributed by atoms with E-state index in [1.54, 1.807) is 36.4 Å². The Hall–Kier alpha value is -2.54. The van der Waals surface area contributed by atoms with Gasteiger partial charge in [-0.3, -0.25) is 9.59 Å². The van der Waals surface area contributed by atoms with E-state index >= 15 is 0 Å². The number of hydrogen-bond donors (Lipinski definition) is 1. The summed E-state index contributed by atoms with van der Waals surface area (Å²) >= 11 is 12.3. The molecule has 8 heteroatoms. The van der Waals surface area contributed by atoms with Crippen LogP contribution in [0.1, 0.15) is 36.1 Å². The van der Waals surface area contributed by atoms with Crippen molar-refractivity contribution in [1.82, 2.24) is 9.80 Å². The molecule has 1 fully saturated rings. The van der Waals surface area contributed by atoms with Crippen LogP contribution in [-0.2, 0) is 9.59 Å². The van der Waals surface area contributed by atoms with E-state index in [4.69, 9.17) is 27.9 Å². The molecule has 1 N–H and O–H groups in total. The van der Waals surface area contributed by atoms with Crippen LogP contribution in [0.2, 0.25) is 10.0 Å². The summed E-state index contributed by atoms with van der Waals surface area (Å²) in [7, 11) is 3.89. The molecule has 2 aromatic rings. The topological polar surface area (TPSA) is 70.1 Å². The first-order valence-electron chi connectivity index (χ1n) is 10.8. The number of carbonyl (C=O) groups excluding carboxylic acids is 2. The van der Waals surface area contributed by atoms with Crippen molar-refractivity contribution in [1.29, 1.82) is 0 Å². The molecule has 1 aliphatic rings. The molecule has 0 radical (unpaired) electrons. The van der Waals surface area contributed by atoms with Crippen molar-refractivity contribution >= 4 is 40.7 Å². The monoisotopic (exact) mass is 490 g/mol.